The number of rotatable bonds is 56. The van der Waals surface area contributed by atoms with E-state index >= 15 is 0 Å². The highest BCUT2D eigenvalue weighted by Crippen LogP contribution is 2.16. The lowest BCUT2D eigenvalue weighted by Crippen LogP contribution is -2.30. The van der Waals surface area contributed by atoms with E-state index in [1.807, 2.05) is 0 Å². The van der Waals surface area contributed by atoms with Crippen LogP contribution in [0.15, 0.2) is 85.1 Å². The summed E-state index contributed by atoms with van der Waals surface area (Å²) in [5, 5.41) is 0. The second-order valence-corrected chi connectivity index (χ2v) is 20.6. The molecule has 0 rings (SSSR count). The van der Waals surface area contributed by atoms with E-state index in [0.29, 0.717) is 19.3 Å². The van der Waals surface area contributed by atoms with Gasteiger partial charge in [-0.05, 0) is 89.9 Å². The van der Waals surface area contributed by atoms with Crippen molar-refractivity contribution in [2.45, 2.75) is 309 Å². The Morgan fingerprint density at radius 1 is 0.288 bits per heavy atom. The van der Waals surface area contributed by atoms with Crippen LogP contribution in [0.1, 0.15) is 303 Å². The first kappa shape index (κ1) is 69.6. The van der Waals surface area contributed by atoms with Crippen LogP contribution >= 0.6 is 0 Å². The van der Waals surface area contributed by atoms with Gasteiger partial charge in [0.05, 0.1) is 0 Å². The highest BCUT2D eigenvalue weighted by Gasteiger charge is 2.19. The molecule has 420 valence electrons. The Bertz CT molecular complexity index is 1400. The smallest absolute Gasteiger partial charge is 0.306 e. The number of carbonyl (C=O) groups excluding carboxylic acids is 3. The molecule has 0 amide bonds. The molecule has 6 heteroatoms. The third-order valence-electron chi connectivity index (χ3n) is 13.4. The molecule has 0 aromatic heterocycles. The third-order valence-corrected chi connectivity index (χ3v) is 13.4. The summed E-state index contributed by atoms with van der Waals surface area (Å²) in [6, 6.07) is 0. The fourth-order valence-electron chi connectivity index (χ4n) is 8.75. The van der Waals surface area contributed by atoms with Gasteiger partial charge in [-0.25, -0.2) is 0 Å². The molecule has 0 aliphatic rings. The minimum Gasteiger partial charge on any atom is -0.462 e. The molecule has 0 aromatic carbocycles. The van der Waals surface area contributed by atoms with Crippen LogP contribution in [0.3, 0.4) is 0 Å². The van der Waals surface area contributed by atoms with Crippen molar-refractivity contribution < 1.29 is 28.6 Å². The van der Waals surface area contributed by atoms with Crippen LogP contribution < -0.4 is 0 Å². The molecule has 0 saturated heterocycles. The van der Waals surface area contributed by atoms with E-state index in [9.17, 15) is 14.4 Å². The molecule has 0 aromatic rings. The van der Waals surface area contributed by atoms with Crippen LogP contribution in [0, 0.1) is 0 Å². The van der Waals surface area contributed by atoms with Crippen molar-refractivity contribution in [3.8, 4) is 0 Å². The summed E-state index contributed by atoms with van der Waals surface area (Å²) < 4.78 is 16.9. The first-order valence-corrected chi connectivity index (χ1v) is 31.1. The van der Waals surface area contributed by atoms with Gasteiger partial charge in [0, 0.05) is 19.3 Å². The summed E-state index contributed by atoms with van der Waals surface area (Å²) in [6.45, 7) is 6.49. The summed E-state index contributed by atoms with van der Waals surface area (Å²) >= 11 is 0. The van der Waals surface area contributed by atoms with Gasteiger partial charge in [-0.3, -0.25) is 14.4 Å². The van der Waals surface area contributed by atoms with Gasteiger partial charge in [-0.1, -0.05) is 279 Å². The first-order valence-electron chi connectivity index (χ1n) is 31.1. The lowest BCUT2D eigenvalue weighted by atomic mass is 10.0. The largest absolute Gasteiger partial charge is 0.462 e. The highest BCUT2D eigenvalue weighted by atomic mass is 16.6. The average molecular weight is 1020 g/mol. The topological polar surface area (TPSA) is 78.9 Å². The zero-order valence-corrected chi connectivity index (χ0v) is 48.1. The molecule has 0 aliphatic carbocycles. The van der Waals surface area contributed by atoms with Crippen molar-refractivity contribution in [2.24, 2.45) is 0 Å². The molecule has 0 unspecified atom stereocenters. The van der Waals surface area contributed by atoms with Crippen LogP contribution in [0.5, 0.6) is 0 Å². The fraction of sp³-hybridized carbons (Fsp3) is 0.746. The second kappa shape index (κ2) is 61.1. The fourth-order valence-corrected chi connectivity index (χ4v) is 8.75. The number of carbonyl (C=O) groups is 3. The molecule has 0 aliphatic heterocycles. The normalized spacial score (nSPS) is 12.6. The molecular weight excluding hydrogens is 901 g/mol. The Balaban J connectivity index is 4.44. The van der Waals surface area contributed by atoms with Gasteiger partial charge in [0.2, 0.25) is 0 Å². The van der Waals surface area contributed by atoms with E-state index in [2.05, 4.69) is 106 Å². The maximum Gasteiger partial charge on any atom is 0.306 e. The predicted octanol–water partition coefficient (Wildman–Crippen LogP) is 21.1. The highest BCUT2D eigenvalue weighted by molar-refractivity contribution is 5.71. The van der Waals surface area contributed by atoms with Crippen molar-refractivity contribution in [1.29, 1.82) is 0 Å². The summed E-state index contributed by atoms with van der Waals surface area (Å²) in [5.41, 5.74) is 0. The predicted molar refractivity (Wildman–Crippen MR) is 316 cm³/mol. The van der Waals surface area contributed by atoms with Crippen molar-refractivity contribution in [2.75, 3.05) is 13.2 Å². The van der Waals surface area contributed by atoms with E-state index in [0.717, 1.165) is 96.3 Å². The maximum atomic E-state index is 12.9. The lowest BCUT2D eigenvalue weighted by Gasteiger charge is -2.18. The minimum absolute atomic E-state index is 0.102. The van der Waals surface area contributed by atoms with Crippen molar-refractivity contribution in [3.05, 3.63) is 85.1 Å². The molecule has 0 saturated carbocycles. The van der Waals surface area contributed by atoms with Gasteiger partial charge in [-0.2, -0.15) is 0 Å². The van der Waals surface area contributed by atoms with Crippen LogP contribution in [0.2, 0.25) is 0 Å². The summed E-state index contributed by atoms with van der Waals surface area (Å²) in [5.74, 6) is -0.969. The number of allylic oxidation sites excluding steroid dienone is 14. The Morgan fingerprint density at radius 3 is 0.877 bits per heavy atom. The molecular formula is C67H116O6. The van der Waals surface area contributed by atoms with Gasteiger partial charge in [-0.15, -0.1) is 0 Å². The maximum absolute atomic E-state index is 12.9. The van der Waals surface area contributed by atoms with Crippen LogP contribution in [-0.2, 0) is 28.6 Å². The van der Waals surface area contributed by atoms with Gasteiger partial charge in [0.15, 0.2) is 6.10 Å². The average Bonchev–Trinajstić information content (AvgIpc) is 3.39. The molecule has 0 N–H and O–H groups in total. The van der Waals surface area contributed by atoms with E-state index in [1.165, 1.54) is 161 Å². The quantitative estimate of drug-likeness (QED) is 0.0261. The summed E-state index contributed by atoms with van der Waals surface area (Å²) in [4.78, 5) is 38.2. The SMILES string of the molecule is CC/C=C\C/C=C\C/C=C\C/C=C\CCCCCCC(=O)OC[C@H](COC(=O)CCCCCCCCCCCCCCCCCCCCCCC)OC(=O)CCC/C=C\C/C=C\C/C=C\CCCCCCCC. The number of ether oxygens (including phenoxy) is 3. The zero-order valence-electron chi connectivity index (χ0n) is 48.1. The molecule has 6 nitrogen and oxygen atoms in total. The van der Waals surface area contributed by atoms with Crippen molar-refractivity contribution in [1.82, 2.24) is 0 Å². The van der Waals surface area contributed by atoms with E-state index < -0.39 is 6.10 Å². The number of hydrogen-bond donors (Lipinski definition) is 0. The van der Waals surface area contributed by atoms with E-state index in [1.54, 1.807) is 0 Å². The van der Waals surface area contributed by atoms with Crippen LogP contribution in [-0.4, -0.2) is 37.2 Å². The van der Waals surface area contributed by atoms with E-state index in [4.69, 9.17) is 14.2 Å². The van der Waals surface area contributed by atoms with Gasteiger partial charge in [0.1, 0.15) is 13.2 Å². The minimum atomic E-state index is -0.813. The van der Waals surface area contributed by atoms with E-state index in [-0.39, 0.29) is 37.5 Å². The monoisotopic (exact) mass is 1020 g/mol. The third kappa shape index (κ3) is 59.3. The molecule has 0 heterocycles. The molecule has 0 bridgehead atoms. The number of esters is 3. The van der Waals surface area contributed by atoms with Gasteiger partial charge >= 0.3 is 17.9 Å². The first-order chi connectivity index (χ1) is 36.0. The Labute approximate surface area is 452 Å². The number of unbranched alkanes of at least 4 members (excludes halogenated alkanes) is 31. The molecule has 73 heavy (non-hydrogen) atoms. The Kier molecular flexibility index (Phi) is 58.3. The molecule has 1 atom stereocenters. The summed E-state index contributed by atoms with van der Waals surface area (Å²) in [6.07, 6.45) is 80.2. The van der Waals surface area contributed by atoms with Crippen LogP contribution in [0.25, 0.3) is 0 Å². The standard InChI is InChI=1S/C67H116O6/c1-4-7-10-13-16-19-22-25-28-31-32-33-34-37-39-42-45-48-51-54-57-60-66(69)72-63-64(73-67(70)61-58-55-52-49-46-43-40-36-30-27-24-21-18-15-12-9-6-3)62-71-65(68)59-56-53-50-47-44-41-38-35-29-26-23-20-17-14-11-8-5-2/h8,11,17,20,26-27,29-30,38,40-41,43,49,52,64H,4-7,9-10,12-16,18-19,21-25,28,31-37,39,42,44-48,50-51,53-63H2,1-3H3/b11-8-,20-17-,29-26-,30-27-,41-38-,43-40-,52-49-/t64-/m1/s1. The summed E-state index contributed by atoms with van der Waals surface area (Å²) in [7, 11) is 0. The number of hydrogen-bond acceptors (Lipinski definition) is 6. The van der Waals surface area contributed by atoms with Gasteiger partial charge in [0.25, 0.3) is 0 Å². The Hall–Kier alpha value is -3.41. The molecule has 0 fully saturated rings. The van der Waals surface area contributed by atoms with Gasteiger partial charge < -0.3 is 14.2 Å². The van der Waals surface area contributed by atoms with Crippen molar-refractivity contribution >= 4 is 17.9 Å². The Morgan fingerprint density at radius 2 is 0.548 bits per heavy atom. The second-order valence-electron chi connectivity index (χ2n) is 20.6. The molecule has 0 radical (unpaired) electrons. The van der Waals surface area contributed by atoms with Crippen LogP contribution in [0.4, 0.5) is 0 Å². The van der Waals surface area contributed by atoms with Crippen molar-refractivity contribution in [3.63, 3.8) is 0 Å². The zero-order chi connectivity index (χ0) is 52.9. The lowest BCUT2D eigenvalue weighted by molar-refractivity contribution is -0.167. The molecule has 0 spiro atoms.